The van der Waals surface area contributed by atoms with Gasteiger partial charge in [-0.15, -0.1) is 0 Å². The quantitative estimate of drug-likeness (QED) is 0.841. The van der Waals surface area contributed by atoms with E-state index in [9.17, 15) is 4.79 Å². The van der Waals surface area contributed by atoms with Gasteiger partial charge in [-0.1, -0.05) is 6.92 Å². The Hall–Kier alpha value is -1.55. The maximum atomic E-state index is 10.9. The highest BCUT2D eigenvalue weighted by Crippen LogP contribution is 2.16. The van der Waals surface area contributed by atoms with Gasteiger partial charge >= 0.3 is 0 Å². The molecule has 0 aliphatic carbocycles. The van der Waals surface area contributed by atoms with Crippen LogP contribution >= 0.6 is 0 Å². The first-order valence-corrected chi connectivity index (χ1v) is 7.02. The van der Waals surface area contributed by atoms with Gasteiger partial charge in [0.2, 0.25) is 5.91 Å². The maximum absolute atomic E-state index is 10.9. The molecule has 1 rings (SSSR count). The van der Waals surface area contributed by atoms with Gasteiger partial charge < -0.3 is 15.4 Å². The van der Waals surface area contributed by atoms with Crippen molar-refractivity contribution in [3.8, 4) is 5.75 Å². The third-order valence-electron chi connectivity index (χ3n) is 2.69. The number of anilines is 1. The summed E-state index contributed by atoms with van der Waals surface area (Å²) in [6.45, 7) is 11.7. The molecule has 0 aliphatic heterocycles. The third kappa shape index (κ3) is 7.14. The van der Waals surface area contributed by atoms with E-state index < -0.39 is 0 Å². The first-order chi connectivity index (χ1) is 9.26. The van der Waals surface area contributed by atoms with Crippen molar-refractivity contribution in [2.24, 2.45) is 5.92 Å². The zero-order valence-corrected chi connectivity index (χ0v) is 13.1. The molecule has 0 aromatic heterocycles. The van der Waals surface area contributed by atoms with E-state index in [0.29, 0.717) is 12.5 Å². The van der Waals surface area contributed by atoms with Gasteiger partial charge in [-0.3, -0.25) is 4.79 Å². The van der Waals surface area contributed by atoms with Gasteiger partial charge in [0, 0.05) is 30.6 Å². The van der Waals surface area contributed by atoms with E-state index in [1.165, 1.54) is 6.92 Å². The SMILES string of the molecule is CC(=O)Nc1ccc(OCC(C)CNC(C)(C)C)cc1. The number of carbonyl (C=O) groups is 1. The van der Waals surface area contributed by atoms with Crippen LogP contribution < -0.4 is 15.4 Å². The predicted molar refractivity (Wildman–Crippen MR) is 83.2 cm³/mol. The van der Waals surface area contributed by atoms with E-state index in [2.05, 4.69) is 38.3 Å². The minimum Gasteiger partial charge on any atom is -0.493 e. The average Bonchev–Trinajstić information content (AvgIpc) is 2.34. The van der Waals surface area contributed by atoms with Crippen molar-refractivity contribution in [1.82, 2.24) is 5.32 Å². The Kier molecular flexibility index (Phi) is 6.02. The lowest BCUT2D eigenvalue weighted by atomic mass is 10.1. The largest absolute Gasteiger partial charge is 0.493 e. The molecule has 4 nitrogen and oxygen atoms in total. The second-order valence-corrected chi connectivity index (χ2v) is 6.25. The summed E-state index contributed by atoms with van der Waals surface area (Å²) in [6, 6.07) is 7.42. The van der Waals surface area contributed by atoms with Crippen molar-refractivity contribution in [2.45, 2.75) is 40.2 Å². The first-order valence-electron chi connectivity index (χ1n) is 7.02. The van der Waals surface area contributed by atoms with Gasteiger partial charge in [-0.05, 0) is 45.0 Å². The Morgan fingerprint density at radius 2 is 1.85 bits per heavy atom. The van der Waals surface area contributed by atoms with Crippen LogP contribution in [0.4, 0.5) is 5.69 Å². The van der Waals surface area contributed by atoms with Crippen LogP contribution in [0, 0.1) is 5.92 Å². The predicted octanol–water partition coefficient (Wildman–Crippen LogP) is 3.05. The third-order valence-corrected chi connectivity index (χ3v) is 2.69. The maximum Gasteiger partial charge on any atom is 0.221 e. The Morgan fingerprint density at radius 3 is 2.35 bits per heavy atom. The number of ether oxygens (including phenoxy) is 1. The van der Waals surface area contributed by atoms with Crippen molar-refractivity contribution in [3.63, 3.8) is 0 Å². The zero-order valence-electron chi connectivity index (χ0n) is 13.1. The van der Waals surface area contributed by atoms with Crippen molar-refractivity contribution in [3.05, 3.63) is 24.3 Å². The fourth-order valence-corrected chi connectivity index (χ4v) is 1.62. The zero-order chi connectivity index (χ0) is 15.2. The summed E-state index contributed by atoms with van der Waals surface area (Å²) in [4.78, 5) is 10.9. The molecule has 0 spiro atoms. The molecule has 112 valence electrons. The summed E-state index contributed by atoms with van der Waals surface area (Å²) in [5.41, 5.74) is 0.918. The number of carbonyl (C=O) groups excluding carboxylic acids is 1. The van der Waals surface area contributed by atoms with Crippen molar-refractivity contribution in [2.75, 3.05) is 18.5 Å². The Morgan fingerprint density at radius 1 is 1.25 bits per heavy atom. The minimum atomic E-state index is -0.0689. The van der Waals surface area contributed by atoms with E-state index in [0.717, 1.165) is 18.0 Å². The fourth-order valence-electron chi connectivity index (χ4n) is 1.62. The minimum absolute atomic E-state index is 0.0689. The number of nitrogens with one attached hydrogen (secondary N) is 2. The average molecular weight is 278 g/mol. The van der Waals surface area contributed by atoms with Gasteiger partial charge in [0.15, 0.2) is 0 Å². The van der Waals surface area contributed by atoms with Gasteiger partial charge in [0.1, 0.15) is 5.75 Å². The van der Waals surface area contributed by atoms with E-state index in [4.69, 9.17) is 4.74 Å². The van der Waals surface area contributed by atoms with Gasteiger partial charge in [0.25, 0.3) is 0 Å². The van der Waals surface area contributed by atoms with Gasteiger partial charge in [0.05, 0.1) is 6.61 Å². The summed E-state index contributed by atoms with van der Waals surface area (Å²) in [7, 11) is 0. The molecule has 1 aromatic carbocycles. The molecule has 0 bridgehead atoms. The van der Waals surface area contributed by atoms with E-state index in [1.54, 1.807) is 0 Å². The monoisotopic (exact) mass is 278 g/mol. The Labute approximate surface area is 121 Å². The smallest absolute Gasteiger partial charge is 0.221 e. The molecule has 0 aliphatic rings. The number of amides is 1. The lowest BCUT2D eigenvalue weighted by Crippen LogP contribution is -2.39. The molecule has 1 atom stereocenters. The lowest BCUT2D eigenvalue weighted by molar-refractivity contribution is -0.114. The van der Waals surface area contributed by atoms with Gasteiger partial charge in [-0.25, -0.2) is 0 Å². The van der Waals surface area contributed by atoms with Gasteiger partial charge in [-0.2, -0.15) is 0 Å². The second-order valence-electron chi connectivity index (χ2n) is 6.25. The number of rotatable bonds is 6. The molecule has 0 radical (unpaired) electrons. The first kappa shape index (κ1) is 16.5. The molecule has 1 unspecified atom stereocenters. The van der Waals surface area contributed by atoms with Crippen molar-refractivity contribution >= 4 is 11.6 Å². The summed E-state index contributed by atoms with van der Waals surface area (Å²) < 4.78 is 5.74. The molecule has 0 fully saturated rings. The van der Waals surface area contributed by atoms with Crippen LogP contribution in [-0.4, -0.2) is 24.6 Å². The fraction of sp³-hybridized carbons (Fsp3) is 0.562. The highest BCUT2D eigenvalue weighted by atomic mass is 16.5. The number of benzene rings is 1. The summed E-state index contributed by atoms with van der Waals surface area (Å²) >= 11 is 0. The molecule has 0 saturated heterocycles. The summed E-state index contributed by atoms with van der Waals surface area (Å²) in [6.07, 6.45) is 0. The number of hydrogen-bond donors (Lipinski definition) is 2. The summed E-state index contributed by atoms with van der Waals surface area (Å²) in [5.74, 6) is 1.19. The molecule has 1 aromatic rings. The van der Waals surface area contributed by atoms with Crippen LogP contribution in [0.5, 0.6) is 5.75 Å². The normalized spacial score (nSPS) is 12.8. The molecule has 1 amide bonds. The summed E-state index contributed by atoms with van der Waals surface area (Å²) in [5, 5.41) is 6.19. The highest BCUT2D eigenvalue weighted by molar-refractivity contribution is 5.88. The van der Waals surface area contributed by atoms with Crippen LogP contribution in [0.25, 0.3) is 0 Å². The standard InChI is InChI=1S/C16H26N2O2/c1-12(10-17-16(3,4)5)11-20-15-8-6-14(7-9-15)18-13(2)19/h6-9,12,17H,10-11H2,1-5H3,(H,18,19). The lowest BCUT2D eigenvalue weighted by Gasteiger charge is -2.23. The van der Waals surface area contributed by atoms with E-state index in [1.807, 2.05) is 24.3 Å². The van der Waals surface area contributed by atoms with Crippen LogP contribution in [0.3, 0.4) is 0 Å². The second kappa shape index (κ2) is 7.29. The highest BCUT2D eigenvalue weighted by Gasteiger charge is 2.11. The molecular formula is C16H26N2O2. The van der Waals surface area contributed by atoms with Crippen molar-refractivity contribution in [1.29, 1.82) is 0 Å². The topological polar surface area (TPSA) is 50.4 Å². The molecule has 4 heteroatoms. The Balaban J connectivity index is 2.36. The molecule has 0 saturated carbocycles. The Bertz CT molecular complexity index is 421. The van der Waals surface area contributed by atoms with E-state index >= 15 is 0 Å². The van der Waals surface area contributed by atoms with Crippen molar-refractivity contribution < 1.29 is 9.53 Å². The molecule has 2 N–H and O–H groups in total. The van der Waals surface area contributed by atoms with Crippen LogP contribution in [0.1, 0.15) is 34.6 Å². The van der Waals surface area contributed by atoms with E-state index in [-0.39, 0.29) is 11.4 Å². The number of hydrogen-bond acceptors (Lipinski definition) is 3. The van der Waals surface area contributed by atoms with Crippen LogP contribution in [0.15, 0.2) is 24.3 Å². The van der Waals surface area contributed by atoms with Crippen LogP contribution in [-0.2, 0) is 4.79 Å². The van der Waals surface area contributed by atoms with Crippen LogP contribution in [0.2, 0.25) is 0 Å². The molecule has 20 heavy (non-hydrogen) atoms. The molecular weight excluding hydrogens is 252 g/mol. The molecule has 0 heterocycles.